The average Bonchev–Trinajstić information content (AvgIpc) is 2.89. The summed E-state index contributed by atoms with van der Waals surface area (Å²) in [6.07, 6.45) is 0. The fourth-order valence-electron chi connectivity index (χ4n) is 1.75. The van der Waals surface area contributed by atoms with Crippen LogP contribution in [0, 0.1) is 0 Å². The number of thioether (sulfide) groups is 1. The molecule has 2 rings (SSSR count). The van der Waals surface area contributed by atoms with Gasteiger partial charge in [-0.3, -0.25) is 10.1 Å². The molecule has 0 spiro atoms. The maximum atomic E-state index is 11.8. The number of amides is 3. The zero-order valence-electron chi connectivity index (χ0n) is 12.6. The molecule has 1 aromatic heterocycles. The number of anilines is 1. The molecule has 8 heteroatoms. The number of urea groups is 1. The second-order valence-electron chi connectivity index (χ2n) is 4.87. The van der Waals surface area contributed by atoms with Gasteiger partial charge < -0.3 is 10.6 Å². The summed E-state index contributed by atoms with van der Waals surface area (Å²) >= 11 is 8.87. The van der Waals surface area contributed by atoms with Crippen LogP contribution in [0.25, 0.3) is 0 Å². The molecule has 5 nitrogen and oxygen atoms in total. The lowest BCUT2D eigenvalue weighted by molar-refractivity contribution is 0.0999. The molecule has 0 saturated heterocycles. The first kappa shape index (κ1) is 17.7. The Morgan fingerprint density at radius 2 is 2.04 bits per heavy atom. The number of thiophene rings is 1. The van der Waals surface area contributed by atoms with E-state index < -0.39 is 5.91 Å². The maximum absolute atomic E-state index is 11.8. The third-order valence-electron chi connectivity index (χ3n) is 2.97. The van der Waals surface area contributed by atoms with Gasteiger partial charge in [0.25, 0.3) is 5.91 Å². The first-order valence-corrected chi connectivity index (χ1v) is 8.90. The van der Waals surface area contributed by atoms with Crippen molar-refractivity contribution in [2.45, 2.75) is 10.6 Å². The van der Waals surface area contributed by atoms with E-state index in [9.17, 15) is 9.59 Å². The summed E-state index contributed by atoms with van der Waals surface area (Å²) in [7, 11) is 3.25. The molecule has 0 aliphatic rings. The predicted molar refractivity (Wildman–Crippen MR) is 96.6 cm³/mol. The highest BCUT2D eigenvalue weighted by Gasteiger charge is 2.19. The van der Waals surface area contributed by atoms with Crippen LogP contribution in [0.5, 0.6) is 0 Å². The number of hydrogen-bond donors (Lipinski definition) is 2. The van der Waals surface area contributed by atoms with Gasteiger partial charge in [0.1, 0.15) is 5.00 Å². The number of benzene rings is 1. The van der Waals surface area contributed by atoms with Crippen LogP contribution < -0.4 is 11.1 Å². The number of carbonyl (C=O) groups excluding carboxylic acids is 2. The number of rotatable bonds is 5. The van der Waals surface area contributed by atoms with Crippen LogP contribution in [0.3, 0.4) is 0 Å². The van der Waals surface area contributed by atoms with E-state index in [-0.39, 0.29) is 6.03 Å². The van der Waals surface area contributed by atoms with Crippen LogP contribution in [-0.4, -0.2) is 30.9 Å². The van der Waals surface area contributed by atoms with Crippen molar-refractivity contribution in [3.63, 3.8) is 0 Å². The Hall–Kier alpha value is -1.70. The zero-order chi connectivity index (χ0) is 17.0. The molecule has 122 valence electrons. The molecule has 1 aromatic carbocycles. The van der Waals surface area contributed by atoms with Gasteiger partial charge in [-0.15, -0.1) is 23.1 Å². The highest BCUT2D eigenvalue weighted by Crippen LogP contribution is 2.37. The van der Waals surface area contributed by atoms with Crippen molar-refractivity contribution < 1.29 is 9.59 Å². The quantitative estimate of drug-likeness (QED) is 0.785. The molecule has 0 saturated carbocycles. The second-order valence-corrected chi connectivity index (χ2v) is 7.18. The van der Waals surface area contributed by atoms with Crippen LogP contribution in [0.4, 0.5) is 9.80 Å². The Labute approximate surface area is 147 Å². The number of primary amides is 1. The summed E-state index contributed by atoms with van der Waals surface area (Å²) in [6, 6.07) is 7.22. The van der Waals surface area contributed by atoms with Crippen molar-refractivity contribution in [3.05, 3.63) is 45.8 Å². The Morgan fingerprint density at radius 3 is 2.65 bits per heavy atom. The number of hydrogen-bond acceptors (Lipinski definition) is 4. The normalized spacial score (nSPS) is 10.4. The SMILES string of the molecule is CN(C)C(=O)Nc1scc(SCc2ccccc2Cl)c1C(N)=O. The highest BCUT2D eigenvalue weighted by molar-refractivity contribution is 7.98. The molecule has 0 atom stereocenters. The Morgan fingerprint density at radius 1 is 1.35 bits per heavy atom. The van der Waals surface area contributed by atoms with Crippen LogP contribution in [0.15, 0.2) is 34.5 Å². The average molecular weight is 370 g/mol. The third-order valence-corrected chi connectivity index (χ3v) is 5.47. The van der Waals surface area contributed by atoms with Gasteiger partial charge in [0.2, 0.25) is 0 Å². The van der Waals surface area contributed by atoms with Gasteiger partial charge in [0.15, 0.2) is 0 Å². The van der Waals surface area contributed by atoms with E-state index in [2.05, 4.69) is 5.32 Å². The van der Waals surface area contributed by atoms with Crippen molar-refractivity contribution in [2.75, 3.05) is 19.4 Å². The van der Waals surface area contributed by atoms with Crippen molar-refractivity contribution in [1.82, 2.24) is 4.90 Å². The van der Waals surface area contributed by atoms with E-state index in [0.29, 0.717) is 21.3 Å². The standard InChI is InChI=1S/C15H16ClN3O2S2/c1-19(2)15(21)18-14-12(13(17)20)11(8-23-14)22-7-9-5-3-4-6-10(9)16/h3-6,8H,7H2,1-2H3,(H2,17,20)(H,18,21). The summed E-state index contributed by atoms with van der Waals surface area (Å²) < 4.78 is 0. The molecule has 0 bridgehead atoms. The molecule has 1 heterocycles. The largest absolute Gasteiger partial charge is 0.365 e. The highest BCUT2D eigenvalue weighted by atomic mass is 35.5. The van der Waals surface area contributed by atoms with Gasteiger partial charge in [-0.2, -0.15) is 0 Å². The minimum absolute atomic E-state index is 0.308. The van der Waals surface area contributed by atoms with Gasteiger partial charge in [-0.05, 0) is 11.6 Å². The van der Waals surface area contributed by atoms with Gasteiger partial charge in [0, 0.05) is 35.1 Å². The lowest BCUT2D eigenvalue weighted by Gasteiger charge is -2.11. The lowest BCUT2D eigenvalue weighted by atomic mass is 10.2. The van der Waals surface area contributed by atoms with E-state index in [1.807, 2.05) is 29.6 Å². The second kappa shape index (κ2) is 7.72. The summed E-state index contributed by atoms with van der Waals surface area (Å²) in [6.45, 7) is 0. The molecule has 2 aromatic rings. The zero-order valence-corrected chi connectivity index (χ0v) is 15.0. The first-order chi connectivity index (χ1) is 10.9. The summed E-state index contributed by atoms with van der Waals surface area (Å²) in [5, 5.41) is 5.63. The van der Waals surface area contributed by atoms with E-state index >= 15 is 0 Å². The van der Waals surface area contributed by atoms with E-state index in [1.54, 1.807) is 14.1 Å². The smallest absolute Gasteiger partial charge is 0.321 e. The molecule has 0 unspecified atom stereocenters. The van der Waals surface area contributed by atoms with Crippen molar-refractivity contribution in [3.8, 4) is 0 Å². The van der Waals surface area contributed by atoms with Crippen LogP contribution >= 0.6 is 34.7 Å². The molecule has 3 amide bonds. The van der Waals surface area contributed by atoms with Crippen LogP contribution in [0.1, 0.15) is 15.9 Å². The van der Waals surface area contributed by atoms with Crippen LogP contribution in [-0.2, 0) is 5.75 Å². The van der Waals surface area contributed by atoms with Gasteiger partial charge in [-0.1, -0.05) is 29.8 Å². The van der Waals surface area contributed by atoms with Crippen molar-refractivity contribution >= 4 is 51.6 Å². The monoisotopic (exact) mass is 369 g/mol. The van der Waals surface area contributed by atoms with E-state index in [4.69, 9.17) is 17.3 Å². The molecular weight excluding hydrogens is 354 g/mol. The third kappa shape index (κ3) is 4.40. The number of nitrogens with one attached hydrogen (secondary N) is 1. The topological polar surface area (TPSA) is 75.4 Å². The summed E-state index contributed by atoms with van der Waals surface area (Å²) in [5.74, 6) is 0.0413. The van der Waals surface area contributed by atoms with Gasteiger partial charge in [0.05, 0.1) is 5.56 Å². The minimum atomic E-state index is -0.568. The Kier molecular flexibility index (Phi) is 5.92. The van der Waals surface area contributed by atoms with Crippen molar-refractivity contribution in [2.24, 2.45) is 5.73 Å². The molecule has 0 aliphatic heterocycles. The number of carbonyl (C=O) groups is 2. The molecule has 0 aliphatic carbocycles. The summed E-state index contributed by atoms with van der Waals surface area (Å²) in [4.78, 5) is 25.6. The molecule has 0 radical (unpaired) electrons. The van der Waals surface area contributed by atoms with E-state index in [0.717, 1.165) is 10.5 Å². The molecular formula is C15H16ClN3O2S2. The minimum Gasteiger partial charge on any atom is -0.365 e. The van der Waals surface area contributed by atoms with Crippen LogP contribution in [0.2, 0.25) is 5.02 Å². The number of nitrogens with two attached hydrogens (primary N) is 1. The fraction of sp³-hybridized carbons (Fsp3) is 0.200. The van der Waals surface area contributed by atoms with E-state index in [1.165, 1.54) is 28.0 Å². The Bertz CT molecular complexity index is 731. The lowest BCUT2D eigenvalue weighted by Crippen LogP contribution is -2.28. The maximum Gasteiger partial charge on any atom is 0.321 e. The van der Waals surface area contributed by atoms with Crippen molar-refractivity contribution in [1.29, 1.82) is 0 Å². The molecule has 0 fully saturated rings. The number of halogens is 1. The predicted octanol–water partition coefficient (Wildman–Crippen LogP) is 3.89. The molecule has 23 heavy (non-hydrogen) atoms. The fourth-order valence-corrected chi connectivity index (χ4v) is 4.24. The van der Waals surface area contributed by atoms with Gasteiger partial charge >= 0.3 is 6.03 Å². The first-order valence-electron chi connectivity index (χ1n) is 6.66. The molecule has 3 N–H and O–H groups in total. The summed E-state index contributed by atoms with van der Waals surface area (Å²) in [5.41, 5.74) is 6.78. The number of nitrogens with zero attached hydrogens (tertiary/aromatic N) is 1. The van der Waals surface area contributed by atoms with Gasteiger partial charge in [-0.25, -0.2) is 4.79 Å². The Balaban J connectivity index is 2.19.